The van der Waals surface area contributed by atoms with Gasteiger partial charge >= 0.3 is 0 Å². The van der Waals surface area contributed by atoms with Gasteiger partial charge in [0, 0.05) is 5.92 Å². The lowest BCUT2D eigenvalue weighted by Crippen LogP contribution is -2.21. The molecule has 0 saturated heterocycles. The van der Waals surface area contributed by atoms with E-state index >= 15 is 0 Å². The fraction of sp³-hybridized carbons (Fsp3) is 0.429. The second-order valence-corrected chi connectivity index (χ2v) is 4.99. The summed E-state index contributed by atoms with van der Waals surface area (Å²) < 4.78 is 0. The average molecular weight is 282 g/mol. The third-order valence-electron chi connectivity index (χ3n) is 3.94. The van der Waals surface area contributed by atoms with E-state index in [2.05, 4.69) is 60.7 Å². The largest absolute Gasteiger partial charge is 0.0683 e. The average Bonchev–Trinajstić information content (AvgIpc) is 2.56. The Hall–Kier alpha value is -1.56. The smallest absolute Gasteiger partial charge is 0.0118 e. The van der Waals surface area contributed by atoms with Gasteiger partial charge in [0.1, 0.15) is 0 Å². The van der Waals surface area contributed by atoms with E-state index < -0.39 is 0 Å². The first-order chi connectivity index (χ1) is 10.4. The van der Waals surface area contributed by atoms with Gasteiger partial charge in [-0.3, -0.25) is 0 Å². The van der Waals surface area contributed by atoms with E-state index in [0.29, 0.717) is 5.92 Å². The maximum atomic E-state index is 2.27. The third kappa shape index (κ3) is 4.74. The molecule has 3 rings (SSSR count). The maximum Gasteiger partial charge on any atom is 0.0118 e. The molecule has 1 saturated carbocycles. The van der Waals surface area contributed by atoms with Gasteiger partial charge in [-0.2, -0.15) is 0 Å². The van der Waals surface area contributed by atoms with Crippen LogP contribution in [0.25, 0.3) is 0 Å². The molecule has 0 aromatic heterocycles. The van der Waals surface area contributed by atoms with Crippen molar-refractivity contribution in [3.05, 3.63) is 71.8 Å². The molecule has 1 aliphatic rings. The van der Waals surface area contributed by atoms with Crippen molar-refractivity contribution in [1.82, 2.24) is 0 Å². The minimum atomic E-state index is 0.603. The summed E-state index contributed by atoms with van der Waals surface area (Å²) in [5.41, 5.74) is 2.95. The number of benzene rings is 2. The first kappa shape index (κ1) is 17.5. The van der Waals surface area contributed by atoms with E-state index in [1.165, 1.54) is 30.4 Å². The summed E-state index contributed by atoms with van der Waals surface area (Å²) in [7, 11) is 0. The Morgan fingerprint density at radius 3 is 1.33 bits per heavy atom. The van der Waals surface area contributed by atoms with Crippen LogP contribution in [0.5, 0.6) is 0 Å². The van der Waals surface area contributed by atoms with Crippen LogP contribution in [0.4, 0.5) is 0 Å². The summed E-state index contributed by atoms with van der Waals surface area (Å²) in [4.78, 5) is 0. The Kier molecular flexibility index (Phi) is 8.50. The lowest BCUT2D eigenvalue weighted by Gasteiger charge is -2.34. The van der Waals surface area contributed by atoms with Crippen molar-refractivity contribution in [3.63, 3.8) is 0 Å². The van der Waals surface area contributed by atoms with Gasteiger partial charge < -0.3 is 0 Å². The molecule has 21 heavy (non-hydrogen) atoms. The summed E-state index contributed by atoms with van der Waals surface area (Å²) in [6.07, 6.45) is 4.17. The Bertz CT molecular complexity index is 414. The Labute approximate surface area is 131 Å². The molecular weight excluding hydrogens is 252 g/mol. The van der Waals surface area contributed by atoms with Crippen LogP contribution in [0.1, 0.15) is 64.0 Å². The minimum absolute atomic E-state index is 0.603. The molecule has 1 fully saturated rings. The molecule has 2 aromatic carbocycles. The molecule has 114 valence electrons. The van der Waals surface area contributed by atoms with Crippen molar-refractivity contribution in [1.29, 1.82) is 0 Å². The van der Waals surface area contributed by atoms with Gasteiger partial charge in [0.05, 0.1) is 0 Å². The van der Waals surface area contributed by atoms with Crippen LogP contribution < -0.4 is 0 Å². The second-order valence-electron chi connectivity index (χ2n) is 4.99. The highest BCUT2D eigenvalue weighted by Gasteiger charge is 2.29. The van der Waals surface area contributed by atoms with Crippen molar-refractivity contribution in [3.8, 4) is 0 Å². The van der Waals surface area contributed by atoms with Gasteiger partial charge in [-0.25, -0.2) is 0 Å². The van der Waals surface area contributed by atoms with E-state index in [9.17, 15) is 0 Å². The SMILES string of the molecule is CC.CC.c1ccc(C(c2ccccc2)C2CCC2)cc1. The van der Waals surface area contributed by atoms with Gasteiger partial charge in [0.25, 0.3) is 0 Å². The molecule has 0 nitrogen and oxygen atoms in total. The zero-order chi connectivity index (χ0) is 15.5. The van der Waals surface area contributed by atoms with Gasteiger partial charge in [-0.15, -0.1) is 0 Å². The fourth-order valence-corrected chi connectivity index (χ4v) is 2.83. The minimum Gasteiger partial charge on any atom is -0.0683 e. The first-order valence-electron chi connectivity index (χ1n) is 8.55. The van der Waals surface area contributed by atoms with Crippen molar-refractivity contribution in [2.75, 3.05) is 0 Å². The maximum absolute atomic E-state index is 2.27. The molecule has 1 aliphatic carbocycles. The van der Waals surface area contributed by atoms with Gasteiger partial charge in [-0.1, -0.05) is 94.8 Å². The molecule has 0 amide bonds. The second kappa shape index (κ2) is 10.2. The highest BCUT2D eigenvalue weighted by molar-refractivity contribution is 5.33. The number of hydrogen-bond acceptors (Lipinski definition) is 0. The van der Waals surface area contributed by atoms with Gasteiger partial charge in [0.2, 0.25) is 0 Å². The van der Waals surface area contributed by atoms with Crippen molar-refractivity contribution in [2.45, 2.75) is 52.9 Å². The predicted molar refractivity (Wildman–Crippen MR) is 94.8 cm³/mol. The summed E-state index contributed by atoms with van der Waals surface area (Å²) >= 11 is 0. The molecule has 0 radical (unpaired) electrons. The lowest BCUT2D eigenvalue weighted by molar-refractivity contribution is 0.284. The summed E-state index contributed by atoms with van der Waals surface area (Å²) in [6.45, 7) is 8.00. The summed E-state index contributed by atoms with van der Waals surface area (Å²) in [6, 6.07) is 21.9. The molecule has 0 N–H and O–H groups in total. The van der Waals surface area contributed by atoms with Crippen LogP contribution in [-0.4, -0.2) is 0 Å². The molecule has 0 heterocycles. The standard InChI is InChI=1S/C17H18.2C2H6/c1-3-8-14(9-4-1)17(16-12-7-13-16)15-10-5-2-6-11-15;2*1-2/h1-6,8-11,16-17H,7,12-13H2;2*1-2H3. The predicted octanol–water partition coefficient (Wildman–Crippen LogP) is 6.67. The third-order valence-corrected chi connectivity index (χ3v) is 3.94. The van der Waals surface area contributed by atoms with Crippen LogP contribution in [0, 0.1) is 5.92 Å². The fourth-order valence-electron chi connectivity index (χ4n) is 2.83. The number of hydrogen-bond donors (Lipinski definition) is 0. The Morgan fingerprint density at radius 1 is 0.667 bits per heavy atom. The van der Waals surface area contributed by atoms with Crippen LogP contribution >= 0.6 is 0 Å². The zero-order valence-corrected chi connectivity index (χ0v) is 14.0. The number of rotatable bonds is 3. The van der Waals surface area contributed by atoms with E-state index in [-0.39, 0.29) is 0 Å². The highest BCUT2D eigenvalue weighted by Crippen LogP contribution is 2.42. The van der Waals surface area contributed by atoms with E-state index in [1.807, 2.05) is 27.7 Å². The van der Waals surface area contributed by atoms with Crippen LogP contribution in [-0.2, 0) is 0 Å². The molecule has 0 spiro atoms. The Balaban J connectivity index is 0.000000510. The Morgan fingerprint density at radius 2 is 1.05 bits per heavy atom. The van der Waals surface area contributed by atoms with Crippen LogP contribution in [0.3, 0.4) is 0 Å². The molecule has 0 heteroatoms. The topological polar surface area (TPSA) is 0 Å². The van der Waals surface area contributed by atoms with Crippen molar-refractivity contribution < 1.29 is 0 Å². The van der Waals surface area contributed by atoms with E-state index in [4.69, 9.17) is 0 Å². The molecule has 0 aliphatic heterocycles. The summed E-state index contributed by atoms with van der Waals surface area (Å²) in [5, 5.41) is 0. The quantitative estimate of drug-likeness (QED) is 0.589. The van der Waals surface area contributed by atoms with Crippen molar-refractivity contribution >= 4 is 0 Å². The molecule has 0 bridgehead atoms. The molecule has 0 atom stereocenters. The molecular formula is C21H30. The van der Waals surface area contributed by atoms with Crippen molar-refractivity contribution in [2.24, 2.45) is 5.92 Å². The zero-order valence-electron chi connectivity index (χ0n) is 14.0. The van der Waals surface area contributed by atoms with Gasteiger partial charge in [0.15, 0.2) is 0 Å². The summed E-state index contributed by atoms with van der Waals surface area (Å²) in [5.74, 6) is 1.45. The van der Waals surface area contributed by atoms with Crippen LogP contribution in [0.2, 0.25) is 0 Å². The lowest BCUT2D eigenvalue weighted by atomic mass is 9.70. The normalized spacial score (nSPS) is 13.4. The highest BCUT2D eigenvalue weighted by atomic mass is 14.3. The molecule has 2 aromatic rings. The van der Waals surface area contributed by atoms with E-state index in [0.717, 1.165) is 5.92 Å². The first-order valence-corrected chi connectivity index (χ1v) is 8.55. The molecule has 0 unspecified atom stereocenters. The van der Waals surface area contributed by atoms with Gasteiger partial charge in [-0.05, 0) is 29.9 Å². The van der Waals surface area contributed by atoms with Crippen LogP contribution in [0.15, 0.2) is 60.7 Å². The van der Waals surface area contributed by atoms with E-state index in [1.54, 1.807) is 0 Å². The monoisotopic (exact) mass is 282 g/mol.